The van der Waals surface area contributed by atoms with E-state index in [1.165, 1.54) is 0 Å². The minimum atomic E-state index is -0.378. The van der Waals surface area contributed by atoms with Gasteiger partial charge in [-0.3, -0.25) is 0 Å². The van der Waals surface area contributed by atoms with E-state index in [-0.39, 0.29) is 18.0 Å². The summed E-state index contributed by atoms with van der Waals surface area (Å²) in [6, 6.07) is 15.1. The van der Waals surface area contributed by atoms with Gasteiger partial charge in [-0.05, 0) is 30.5 Å². The molecule has 0 saturated carbocycles. The van der Waals surface area contributed by atoms with Crippen molar-refractivity contribution in [2.45, 2.75) is 26.9 Å². The van der Waals surface area contributed by atoms with Crippen LogP contribution in [0.1, 0.15) is 41.7 Å². The molecule has 0 aliphatic heterocycles. The molecule has 1 unspecified atom stereocenters. The number of nitrogens with zero attached hydrogens (tertiary/aromatic N) is 1. The van der Waals surface area contributed by atoms with Gasteiger partial charge in [0, 0.05) is 5.69 Å². The fourth-order valence-corrected chi connectivity index (χ4v) is 2.06. The van der Waals surface area contributed by atoms with Crippen LogP contribution in [0.3, 0.4) is 0 Å². The number of hydrogen-bond donors (Lipinski definition) is 0. The normalized spacial score (nSPS) is 12.2. The Bertz CT molecular complexity index is 579. The molecule has 2 aromatic rings. The number of ether oxygens (including phenoxy) is 1. The molecular formula is C17H19NO2. The molecule has 0 spiro atoms. The van der Waals surface area contributed by atoms with Crippen LogP contribution >= 0.6 is 0 Å². The van der Waals surface area contributed by atoms with E-state index in [1.54, 1.807) is 6.07 Å². The molecule has 1 aromatic heterocycles. The summed E-state index contributed by atoms with van der Waals surface area (Å²) in [4.78, 5) is 16.4. The van der Waals surface area contributed by atoms with Crippen molar-refractivity contribution < 1.29 is 9.53 Å². The lowest BCUT2D eigenvalue weighted by Crippen LogP contribution is -2.17. The van der Waals surface area contributed by atoms with Crippen molar-refractivity contribution in [3.8, 4) is 0 Å². The van der Waals surface area contributed by atoms with Crippen LogP contribution < -0.4 is 0 Å². The SMILES string of the molecule is Cc1cccc(C(=O)OC(c2ccccc2)C(C)C)n1. The summed E-state index contributed by atoms with van der Waals surface area (Å²) in [5.41, 5.74) is 2.16. The Morgan fingerprint density at radius 2 is 1.75 bits per heavy atom. The molecule has 1 heterocycles. The van der Waals surface area contributed by atoms with Gasteiger partial charge in [-0.25, -0.2) is 9.78 Å². The summed E-state index contributed by atoms with van der Waals surface area (Å²) in [6.45, 7) is 5.93. The van der Waals surface area contributed by atoms with E-state index in [1.807, 2.05) is 63.2 Å². The second-order valence-electron chi connectivity index (χ2n) is 5.14. The number of benzene rings is 1. The summed E-state index contributed by atoms with van der Waals surface area (Å²) in [5.74, 6) is -0.178. The highest BCUT2D eigenvalue weighted by atomic mass is 16.5. The van der Waals surface area contributed by atoms with Crippen molar-refractivity contribution in [2.75, 3.05) is 0 Å². The lowest BCUT2D eigenvalue weighted by Gasteiger charge is -2.21. The van der Waals surface area contributed by atoms with Crippen LogP contribution in [-0.2, 0) is 4.74 Å². The van der Waals surface area contributed by atoms with Crippen molar-refractivity contribution in [2.24, 2.45) is 5.92 Å². The Kier molecular flexibility index (Phi) is 4.51. The quantitative estimate of drug-likeness (QED) is 0.789. The topological polar surface area (TPSA) is 39.2 Å². The van der Waals surface area contributed by atoms with Crippen molar-refractivity contribution in [1.29, 1.82) is 0 Å². The van der Waals surface area contributed by atoms with Crippen molar-refractivity contribution in [3.63, 3.8) is 0 Å². The first-order valence-electron chi connectivity index (χ1n) is 6.77. The molecule has 3 nitrogen and oxygen atoms in total. The van der Waals surface area contributed by atoms with Gasteiger partial charge in [0.05, 0.1) is 0 Å². The Morgan fingerprint density at radius 1 is 1.05 bits per heavy atom. The van der Waals surface area contributed by atoms with Crippen LogP contribution in [0.2, 0.25) is 0 Å². The zero-order chi connectivity index (χ0) is 14.5. The molecule has 1 aromatic carbocycles. The van der Waals surface area contributed by atoms with E-state index >= 15 is 0 Å². The zero-order valence-corrected chi connectivity index (χ0v) is 12.0. The third kappa shape index (κ3) is 3.44. The monoisotopic (exact) mass is 269 g/mol. The molecule has 0 N–H and O–H groups in total. The number of rotatable bonds is 4. The highest BCUT2D eigenvalue weighted by molar-refractivity contribution is 5.87. The van der Waals surface area contributed by atoms with Gasteiger partial charge in [-0.1, -0.05) is 50.2 Å². The van der Waals surface area contributed by atoms with E-state index in [4.69, 9.17) is 4.74 Å². The first-order chi connectivity index (χ1) is 9.58. The van der Waals surface area contributed by atoms with Gasteiger partial charge < -0.3 is 4.74 Å². The summed E-state index contributed by atoms with van der Waals surface area (Å²) in [6.07, 6.45) is -0.258. The Morgan fingerprint density at radius 3 is 2.35 bits per heavy atom. The van der Waals surface area contributed by atoms with Crippen LogP contribution in [0.5, 0.6) is 0 Å². The van der Waals surface area contributed by atoms with Crippen molar-refractivity contribution in [1.82, 2.24) is 4.98 Å². The second-order valence-corrected chi connectivity index (χ2v) is 5.14. The van der Waals surface area contributed by atoms with Gasteiger partial charge in [0.2, 0.25) is 0 Å². The third-order valence-corrected chi connectivity index (χ3v) is 3.07. The van der Waals surface area contributed by atoms with Crippen molar-refractivity contribution >= 4 is 5.97 Å². The van der Waals surface area contributed by atoms with E-state index in [9.17, 15) is 4.79 Å². The van der Waals surface area contributed by atoms with Gasteiger partial charge >= 0.3 is 5.97 Å². The minimum Gasteiger partial charge on any atom is -0.452 e. The highest BCUT2D eigenvalue weighted by Crippen LogP contribution is 2.26. The highest BCUT2D eigenvalue weighted by Gasteiger charge is 2.21. The van der Waals surface area contributed by atoms with Crippen molar-refractivity contribution in [3.05, 3.63) is 65.5 Å². The van der Waals surface area contributed by atoms with Gasteiger partial charge in [0.15, 0.2) is 0 Å². The summed E-state index contributed by atoms with van der Waals surface area (Å²) < 4.78 is 5.64. The number of pyridine rings is 1. The minimum absolute atomic E-state index is 0.200. The average molecular weight is 269 g/mol. The third-order valence-electron chi connectivity index (χ3n) is 3.07. The van der Waals surface area contributed by atoms with Gasteiger partial charge in [-0.15, -0.1) is 0 Å². The van der Waals surface area contributed by atoms with Crippen LogP contribution in [0.25, 0.3) is 0 Å². The first kappa shape index (κ1) is 14.3. The molecule has 104 valence electrons. The number of carbonyl (C=O) groups excluding carboxylic acids is 1. The smallest absolute Gasteiger partial charge is 0.357 e. The lowest BCUT2D eigenvalue weighted by atomic mass is 9.99. The first-order valence-corrected chi connectivity index (χ1v) is 6.77. The number of aromatic nitrogens is 1. The Balaban J connectivity index is 2.19. The lowest BCUT2D eigenvalue weighted by molar-refractivity contribution is 0.0169. The molecule has 20 heavy (non-hydrogen) atoms. The molecule has 2 rings (SSSR count). The molecule has 0 aliphatic carbocycles. The summed E-state index contributed by atoms with van der Waals surface area (Å²) >= 11 is 0. The van der Waals surface area contributed by atoms with Crippen LogP contribution in [0.15, 0.2) is 48.5 Å². The van der Waals surface area contributed by atoms with Crippen LogP contribution in [-0.4, -0.2) is 11.0 Å². The predicted molar refractivity (Wildman–Crippen MR) is 78.4 cm³/mol. The fourth-order valence-electron chi connectivity index (χ4n) is 2.06. The van der Waals surface area contributed by atoms with E-state index in [0.717, 1.165) is 11.3 Å². The number of esters is 1. The molecule has 3 heteroatoms. The molecule has 0 bridgehead atoms. The second kappa shape index (κ2) is 6.33. The number of aryl methyl sites for hydroxylation is 1. The molecule has 1 atom stereocenters. The Labute approximate surface area is 119 Å². The standard InChI is InChI=1S/C17H19NO2/c1-12(2)16(14-9-5-4-6-10-14)20-17(19)15-11-7-8-13(3)18-15/h4-12,16H,1-3H3. The van der Waals surface area contributed by atoms with E-state index in [0.29, 0.717) is 5.69 Å². The van der Waals surface area contributed by atoms with Crippen LogP contribution in [0.4, 0.5) is 0 Å². The Hall–Kier alpha value is -2.16. The molecule has 0 fully saturated rings. The van der Waals surface area contributed by atoms with Crippen LogP contribution in [0, 0.1) is 12.8 Å². The fraction of sp³-hybridized carbons (Fsp3) is 0.294. The average Bonchev–Trinajstić information content (AvgIpc) is 2.45. The molecular weight excluding hydrogens is 250 g/mol. The summed E-state index contributed by atoms with van der Waals surface area (Å²) in [5, 5.41) is 0. The van der Waals surface area contributed by atoms with E-state index in [2.05, 4.69) is 4.98 Å². The maximum Gasteiger partial charge on any atom is 0.357 e. The number of carbonyl (C=O) groups is 1. The predicted octanol–water partition coefficient (Wildman–Crippen LogP) is 3.94. The number of hydrogen-bond acceptors (Lipinski definition) is 3. The maximum atomic E-state index is 12.2. The molecule has 0 radical (unpaired) electrons. The largest absolute Gasteiger partial charge is 0.452 e. The molecule has 0 amide bonds. The molecule has 0 saturated heterocycles. The zero-order valence-electron chi connectivity index (χ0n) is 12.0. The van der Waals surface area contributed by atoms with E-state index < -0.39 is 0 Å². The maximum absolute atomic E-state index is 12.2. The molecule has 0 aliphatic rings. The van der Waals surface area contributed by atoms with Gasteiger partial charge in [-0.2, -0.15) is 0 Å². The summed E-state index contributed by atoms with van der Waals surface area (Å²) in [7, 11) is 0. The van der Waals surface area contributed by atoms with Gasteiger partial charge in [0.1, 0.15) is 11.8 Å². The van der Waals surface area contributed by atoms with Gasteiger partial charge in [0.25, 0.3) is 0 Å².